The van der Waals surface area contributed by atoms with E-state index in [2.05, 4.69) is 5.32 Å². The van der Waals surface area contributed by atoms with Gasteiger partial charge in [0.2, 0.25) is 5.91 Å². The number of nitrogens with one attached hydrogen (secondary N) is 1. The molecule has 0 bridgehead atoms. The van der Waals surface area contributed by atoms with Crippen molar-refractivity contribution in [3.8, 4) is 5.75 Å². The summed E-state index contributed by atoms with van der Waals surface area (Å²) < 4.78 is 29.3. The third-order valence-corrected chi connectivity index (χ3v) is 8.53. The zero-order valence-electron chi connectivity index (χ0n) is 17.1. The van der Waals surface area contributed by atoms with Crippen molar-refractivity contribution < 1.29 is 17.9 Å². The number of sulfone groups is 1. The number of hydrogen-bond donors (Lipinski definition) is 1. The molecule has 2 aliphatic rings. The molecular formula is C22H28N2O4S2. The average molecular weight is 449 g/mol. The first-order valence-corrected chi connectivity index (χ1v) is 13.0. The number of amides is 1. The molecule has 6 nitrogen and oxygen atoms in total. The molecule has 1 amide bonds. The van der Waals surface area contributed by atoms with Crippen LogP contribution in [0.5, 0.6) is 5.75 Å². The lowest BCUT2D eigenvalue weighted by atomic mass is 10.0. The van der Waals surface area contributed by atoms with Crippen molar-refractivity contribution in [1.82, 2.24) is 10.2 Å². The molecule has 1 aliphatic carbocycles. The third-order valence-electron chi connectivity index (χ3n) is 5.92. The molecular weight excluding hydrogens is 420 g/mol. The van der Waals surface area contributed by atoms with E-state index in [9.17, 15) is 13.2 Å². The molecule has 1 N–H and O–H groups in total. The molecule has 162 valence electrons. The molecule has 1 aromatic carbocycles. The van der Waals surface area contributed by atoms with Crippen molar-refractivity contribution in [3.05, 3.63) is 52.2 Å². The first-order chi connectivity index (χ1) is 14.4. The summed E-state index contributed by atoms with van der Waals surface area (Å²) in [6, 6.07) is 11.8. The smallest absolute Gasteiger partial charge is 0.237 e. The highest BCUT2D eigenvalue weighted by Gasteiger charge is 2.36. The standard InChI is InChI=1S/C22H28N2O4S2/c1-28-19-8-6-17(7-9-19)22(16-4-5-16)23-13-21(25)24(14-20-3-2-11-29-20)18-10-12-30(26,27)15-18/h2-3,6-9,11,16,18,22-23H,4-5,10,12-15H2,1H3. The Balaban J connectivity index is 1.45. The fourth-order valence-corrected chi connectivity index (χ4v) is 6.54. The van der Waals surface area contributed by atoms with Gasteiger partial charge in [0, 0.05) is 17.0 Å². The topological polar surface area (TPSA) is 75.7 Å². The summed E-state index contributed by atoms with van der Waals surface area (Å²) in [6.07, 6.45) is 2.82. The molecule has 1 saturated heterocycles. The molecule has 8 heteroatoms. The molecule has 2 atom stereocenters. The number of carbonyl (C=O) groups excluding carboxylic acids is 1. The molecule has 2 aromatic rings. The van der Waals surface area contributed by atoms with Gasteiger partial charge in [-0.25, -0.2) is 8.42 Å². The van der Waals surface area contributed by atoms with E-state index in [-0.39, 0.29) is 36.0 Å². The summed E-state index contributed by atoms with van der Waals surface area (Å²) in [4.78, 5) is 16.0. The van der Waals surface area contributed by atoms with Gasteiger partial charge < -0.3 is 15.0 Å². The number of benzene rings is 1. The van der Waals surface area contributed by atoms with Crippen molar-refractivity contribution in [1.29, 1.82) is 0 Å². The van der Waals surface area contributed by atoms with Crippen molar-refractivity contribution in [2.75, 3.05) is 25.2 Å². The van der Waals surface area contributed by atoms with Crippen LogP contribution >= 0.6 is 11.3 Å². The maximum atomic E-state index is 13.2. The first-order valence-electron chi connectivity index (χ1n) is 10.3. The summed E-state index contributed by atoms with van der Waals surface area (Å²) in [5.41, 5.74) is 1.15. The van der Waals surface area contributed by atoms with Gasteiger partial charge >= 0.3 is 0 Å². The summed E-state index contributed by atoms with van der Waals surface area (Å²) in [7, 11) is -1.41. The summed E-state index contributed by atoms with van der Waals surface area (Å²) in [6.45, 7) is 0.671. The molecule has 1 saturated carbocycles. The van der Waals surface area contributed by atoms with Crippen molar-refractivity contribution in [2.24, 2.45) is 5.92 Å². The maximum Gasteiger partial charge on any atom is 0.237 e. The van der Waals surface area contributed by atoms with E-state index in [0.717, 1.165) is 29.0 Å². The first kappa shape index (κ1) is 21.3. The highest BCUT2D eigenvalue weighted by molar-refractivity contribution is 7.91. The summed E-state index contributed by atoms with van der Waals surface area (Å²) in [5.74, 6) is 1.53. The highest BCUT2D eigenvalue weighted by atomic mass is 32.2. The minimum Gasteiger partial charge on any atom is -0.497 e. The lowest BCUT2D eigenvalue weighted by molar-refractivity contribution is -0.132. The number of rotatable bonds is 9. The van der Waals surface area contributed by atoms with Crippen LogP contribution < -0.4 is 10.1 Å². The van der Waals surface area contributed by atoms with Crippen molar-refractivity contribution in [2.45, 2.75) is 37.9 Å². The molecule has 4 rings (SSSR count). The zero-order valence-corrected chi connectivity index (χ0v) is 18.8. The second kappa shape index (κ2) is 9.08. The highest BCUT2D eigenvalue weighted by Crippen LogP contribution is 2.41. The molecule has 1 aliphatic heterocycles. The van der Waals surface area contributed by atoms with Gasteiger partial charge in [0.15, 0.2) is 9.84 Å². The van der Waals surface area contributed by atoms with E-state index in [1.165, 1.54) is 0 Å². The Labute approximate surface area is 182 Å². The van der Waals surface area contributed by atoms with Crippen LogP contribution in [0, 0.1) is 5.92 Å². The third kappa shape index (κ3) is 5.22. The van der Waals surface area contributed by atoms with Crippen LogP contribution in [0.4, 0.5) is 0 Å². The van der Waals surface area contributed by atoms with Gasteiger partial charge in [0.05, 0.1) is 31.7 Å². The minimum atomic E-state index is -3.06. The number of methoxy groups -OCH3 is 1. The van der Waals surface area contributed by atoms with Crippen LogP contribution in [-0.4, -0.2) is 50.4 Å². The molecule has 2 heterocycles. The van der Waals surface area contributed by atoms with E-state index in [1.54, 1.807) is 23.3 Å². The normalized spacial score (nSPS) is 21.3. The van der Waals surface area contributed by atoms with Crippen LogP contribution in [-0.2, 0) is 21.2 Å². The monoisotopic (exact) mass is 448 g/mol. The van der Waals surface area contributed by atoms with Gasteiger partial charge in [-0.15, -0.1) is 11.3 Å². The molecule has 1 aromatic heterocycles. The van der Waals surface area contributed by atoms with Crippen LogP contribution in [0.25, 0.3) is 0 Å². The van der Waals surface area contributed by atoms with E-state index in [1.807, 2.05) is 41.8 Å². The zero-order chi connectivity index (χ0) is 21.1. The quantitative estimate of drug-likeness (QED) is 0.638. The van der Waals surface area contributed by atoms with Crippen LogP contribution in [0.15, 0.2) is 41.8 Å². The number of ether oxygens (including phenoxy) is 1. The Morgan fingerprint density at radius 3 is 2.57 bits per heavy atom. The van der Waals surface area contributed by atoms with E-state index < -0.39 is 9.84 Å². The molecule has 2 unspecified atom stereocenters. The van der Waals surface area contributed by atoms with Gasteiger partial charge in [-0.1, -0.05) is 18.2 Å². The second-order valence-electron chi connectivity index (χ2n) is 8.13. The van der Waals surface area contributed by atoms with Crippen LogP contribution in [0.1, 0.15) is 35.7 Å². The summed E-state index contributed by atoms with van der Waals surface area (Å²) >= 11 is 1.59. The predicted molar refractivity (Wildman–Crippen MR) is 118 cm³/mol. The lowest BCUT2D eigenvalue weighted by Gasteiger charge is -2.29. The Hall–Kier alpha value is -1.90. The number of thiophene rings is 1. The van der Waals surface area contributed by atoms with Gasteiger partial charge in [-0.2, -0.15) is 0 Å². The summed E-state index contributed by atoms with van der Waals surface area (Å²) in [5, 5.41) is 5.44. The Morgan fingerprint density at radius 2 is 2.00 bits per heavy atom. The number of hydrogen-bond acceptors (Lipinski definition) is 6. The average Bonchev–Trinajstić information content (AvgIpc) is 3.31. The van der Waals surface area contributed by atoms with E-state index >= 15 is 0 Å². The van der Waals surface area contributed by atoms with Crippen LogP contribution in [0.2, 0.25) is 0 Å². The number of carbonyl (C=O) groups is 1. The molecule has 0 spiro atoms. The lowest BCUT2D eigenvalue weighted by Crippen LogP contribution is -2.45. The predicted octanol–water partition coefficient (Wildman–Crippen LogP) is 3.01. The number of nitrogens with zero attached hydrogens (tertiary/aromatic N) is 1. The van der Waals surface area contributed by atoms with Crippen molar-refractivity contribution >= 4 is 27.1 Å². The Kier molecular flexibility index (Phi) is 6.46. The molecule has 2 fully saturated rings. The van der Waals surface area contributed by atoms with Crippen molar-refractivity contribution in [3.63, 3.8) is 0 Å². The largest absolute Gasteiger partial charge is 0.497 e. The maximum absolute atomic E-state index is 13.2. The van der Waals surface area contributed by atoms with Gasteiger partial charge in [-0.05, 0) is 54.3 Å². The molecule has 0 radical (unpaired) electrons. The fraction of sp³-hybridized carbons (Fsp3) is 0.500. The Morgan fingerprint density at radius 1 is 1.23 bits per heavy atom. The van der Waals surface area contributed by atoms with Crippen LogP contribution in [0.3, 0.4) is 0 Å². The second-order valence-corrected chi connectivity index (χ2v) is 11.4. The van der Waals surface area contributed by atoms with Gasteiger partial charge in [0.1, 0.15) is 5.75 Å². The Bertz CT molecular complexity index is 954. The fourth-order valence-electron chi connectivity index (χ4n) is 4.11. The minimum absolute atomic E-state index is 0.0374. The van der Waals surface area contributed by atoms with Gasteiger partial charge in [0.25, 0.3) is 0 Å². The van der Waals surface area contributed by atoms with Gasteiger partial charge in [-0.3, -0.25) is 4.79 Å². The van der Waals surface area contributed by atoms with E-state index in [0.29, 0.717) is 18.9 Å². The molecule has 30 heavy (non-hydrogen) atoms. The van der Waals surface area contributed by atoms with E-state index in [4.69, 9.17) is 4.74 Å². The SMILES string of the molecule is COc1ccc(C(NCC(=O)N(Cc2cccs2)C2CCS(=O)(=O)C2)C2CC2)cc1.